The fourth-order valence-corrected chi connectivity index (χ4v) is 6.71. The lowest BCUT2D eigenvalue weighted by molar-refractivity contribution is -0.652. The summed E-state index contributed by atoms with van der Waals surface area (Å²) in [6.07, 6.45) is 1.66. The number of halogens is 2. The van der Waals surface area contributed by atoms with Gasteiger partial charge in [-0.3, -0.25) is 9.35 Å². The van der Waals surface area contributed by atoms with Crippen LogP contribution >= 0.6 is 46.3 Å². The molecule has 0 unspecified atom stereocenters. The number of imidazole rings is 1. The normalized spacial score (nSPS) is 14.8. The van der Waals surface area contributed by atoms with Crippen molar-refractivity contribution in [1.82, 2.24) is 4.57 Å². The molecule has 172 valence electrons. The fourth-order valence-electron chi connectivity index (χ4n) is 3.58. The molecule has 0 saturated heterocycles. The number of nitriles is 1. The zero-order valence-electron chi connectivity index (χ0n) is 16.8. The van der Waals surface area contributed by atoms with Crippen molar-refractivity contribution in [3.05, 3.63) is 44.0 Å². The van der Waals surface area contributed by atoms with E-state index in [1.54, 1.807) is 33.7 Å². The Hall–Kier alpha value is -2.27. The van der Waals surface area contributed by atoms with Crippen molar-refractivity contribution in [2.45, 2.75) is 24.2 Å². The number of hydrogen-bond acceptors (Lipinski definition) is 7. The Morgan fingerprint density at radius 1 is 1.30 bits per heavy atom. The van der Waals surface area contributed by atoms with Crippen molar-refractivity contribution in [3.63, 3.8) is 0 Å². The molecule has 2 N–H and O–H groups in total. The van der Waals surface area contributed by atoms with E-state index in [1.807, 2.05) is 13.0 Å². The number of nitrogens with zero attached hydrogens (tertiary/aromatic N) is 4. The summed E-state index contributed by atoms with van der Waals surface area (Å²) in [5, 5.41) is 19.9. The highest BCUT2D eigenvalue weighted by Crippen LogP contribution is 2.49. The van der Waals surface area contributed by atoms with Crippen LogP contribution in [0, 0.1) is 11.3 Å². The minimum Gasteiger partial charge on any atom is -0.480 e. The summed E-state index contributed by atoms with van der Waals surface area (Å²) in [4.78, 5) is 14.7. The number of aromatic nitrogens is 2. The van der Waals surface area contributed by atoms with Gasteiger partial charge in [-0.2, -0.15) is 18.2 Å². The average molecular weight is 546 g/mol. The quantitative estimate of drug-likeness (QED) is 0.351. The SMILES string of the molecule is CCn1c(/C=C2\Sc3cc(Cl)c(Cl)cc3N2CC(=O)O)[n+](CS(=O)(=O)O)c2sc(C#N)cc21. The highest BCUT2D eigenvalue weighted by atomic mass is 35.5. The molecule has 0 spiro atoms. The van der Waals surface area contributed by atoms with Gasteiger partial charge in [-0.15, -0.1) is 0 Å². The van der Waals surface area contributed by atoms with Crippen LogP contribution in [0.15, 0.2) is 28.1 Å². The van der Waals surface area contributed by atoms with E-state index in [1.165, 1.54) is 16.3 Å². The van der Waals surface area contributed by atoms with Gasteiger partial charge in [-0.05, 0) is 19.1 Å². The summed E-state index contributed by atoms with van der Waals surface area (Å²) in [6.45, 7) is 1.93. The lowest BCUT2D eigenvalue weighted by atomic mass is 10.3. The molecule has 0 aliphatic carbocycles. The third kappa shape index (κ3) is 4.57. The molecule has 14 heteroatoms. The van der Waals surface area contributed by atoms with E-state index in [0.29, 0.717) is 48.2 Å². The number of thiophene rings is 1. The van der Waals surface area contributed by atoms with E-state index in [4.69, 9.17) is 23.2 Å². The Morgan fingerprint density at radius 2 is 2.00 bits per heavy atom. The van der Waals surface area contributed by atoms with Crippen LogP contribution in [-0.2, 0) is 27.3 Å². The summed E-state index contributed by atoms with van der Waals surface area (Å²) in [7, 11) is -4.42. The standard InChI is InChI=1S/C19H14Cl2N4O5S3/c1-2-23-14-3-10(7-22)31-19(14)25(9-33(28,29)30)16(23)6-17-24(8-18(26)27)13-4-11(20)12(21)5-15(13)32-17/h3-6H,2,8-9H2,1H3,(H-,26,27,28,29,30)/p+1. The third-order valence-electron chi connectivity index (χ3n) is 4.82. The number of rotatable bonds is 6. The maximum atomic E-state index is 11.8. The zero-order valence-corrected chi connectivity index (χ0v) is 20.8. The summed E-state index contributed by atoms with van der Waals surface area (Å²) < 4.78 is 36.4. The van der Waals surface area contributed by atoms with Crippen molar-refractivity contribution in [2.75, 3.05) is 11.4 Å². The number of fused-ring (bicyclic) bond motifs is 2. The molecule has 9 nitrogen and oxygen atoms in total. The summed E-state index contributed by atoms with van der Waals surface area (Å²) in [5.41, 5.74) is 1.19. The molecular weight excluding hydrogens is 531 g/mol. The molecule has 33 heavy (non-hydrogen) atoms. The number of carbonyl (C=O) groups is 1. The number of hydrogen-bond donors (Lipinski definition) is 2. The Kier molecular flexibility index (Phi) is 6.38. The minimum atomic E-state index is -4.42. The van der Waals surface area contributed by atoms with Crippen LogP contribution in [0.2, 0.25) is 10.0 Å². The topological polar surface area (TPSA) is 128 Å². The molecule has 0 saturated carbocycles. The molecule has 0 atom stereocenters. The van der Waals surface area contributed by atoms with Gasteiger partial charge in [0.2, 0.25) is 10.7 Å². The van der Waals surface area contributed by atoms with Gasteiger partial charge < -0.3 is 10.0 Å². The van der Waals surface area contributed by atoms with Gasteiger partial charge in [0.1, 0.15) is 17.5 Å². The number of benzene rings is 1. The zero-order chi connectivity index (χ0) is 24.1. The van der Waals surface area contributed by atoms with Crippen LogP contribution in [0.1, 0.15) is 17.6 Å². The number of thioether (sulfide) groups is 1. The van der Waals surface area contributed by atoms with Crippen LogP contribution in [0.5, 0.6) is 0 Å². The Morgan fingerprint density at radius 3 is 2.61 bits per heavy atom. The predicted octanol–water partition coefficient (Wildman–Crippen LogP) is 4.03. The molecule has 2 aromatic heterocycles. The summed E-state index contributed by atoms with van der Waals surface area (Å²) >= 11 is 14.7. The van der Waals surface area contributed by atoms with Gasteiger partial charge in [0, 0.05) is 11.0 Å². The molecule has 0 radical (unpaired) electrons. The third-order valence-corrected chi connectivity index (χ3v) is 8.27. The molecule has 1 aromatic carbocycles. The van der Waals surface area contributed by atoms with E-state index in [-0.39, 0.29) is 11.6 Å². The molecule has 0 bridgehead atoms. The molecule has 1 aliphatic rings. The Labute approximate surface area is 206 Å². The highest BCUT2D eigenvalue weighted by Gasteiger charge is 2.33. The van der Waals surface area contributed by atoms with E-state index in [9.17, 15) is 28.1 Å². The molecule has 0 fully saturated rings. The second-order valence-electron chi connectivity index (χ2n) is 6.95. The first-order valence-electron chi connectivity index (χ1n) is 9.31. The van der Waals surface area contributed by atoms with Gasteiger partial charge >= 0.3 is 16.1 Å². The highest BCUT2D eigenvalue weighted by molar-refractivity contribution is 8.03. The van der Waals surface area contributed by atoms with Gasteiger partial charge in [-0.25, -0.2) is 4.57 Å². The van der Waals surface area contributed by atoms with Gasteiger partial charge in [0.05, 0.1) is 33.4 Å². The van der Waals surface area contributed by atoms with Crippen molar-refractivity contribution < 1.29 is 27.4 Å². The predicted molar refractivity (Wildman–Crippen MR) is 127 cm³/mol. The van der Waals surface area contributed by atoms with Crippen LogP contribution < -0.4 is 9.47 Å². The van der Waals surface area contributed by atoms with Gasteiger partial charge in [0.15, 0.2) is 5.52 Å². The lowest BCUT2D eigenvalue weighted by Crippen LogP contribution is -2.40. The monoisotopic (exact) mass is 545 g/mol. The smallest absolute Gasteiger partial charge is 0.323 e. The fraction of sp³-hybridized carbons (Fsp3) is 0.211. The molecule has 1 aliphatic heterocycles. The molecular formula is C19H15Cl2N4O5S3+. The van der Waals surface area contributed by atoms with Gasteiger partial charge in [-0.1, -0.05) is 46.3 Å². The van der Waals surface area contributed by atoms with Crippen LogP contribution in [0.4, 0.5) is 5.69 Å². The first-order valence-corrected chi connectivity index (χ1v) is 13.3. The van der Waals surface area contributed by atoms with Gasteiger partial charge in [0.25, 0.3) is 5.82 Å². The van der Waals surface area contributed by atoms with E-state index < -0.39 is 22.0 Å². The summed E-state index contributed by atoms with van der Waals surface area (Å²) in [5.74, 6) is -1.38. The number of aryl methyl sites for hydroxylation is 1. The van der Waals surface area contributed by atoms with Crippen molar-refractivity contribution in [1.29, 1.82) is 5.26 Å². The first kappa shape index (κ1) is 23.9. The van der Waals surface area contributed by atoms with Crippen molar-refractivity contribution in [3.8, 4) is 6.07 Å². The van der Waals surface area contributed by atoms with E-state index in [2.05, 4.69) is 0 Å². The number of aliphatic carboxylic acids is 1. The van der Waals surface area contributed by atoms with E-state index in [0.717, 1.165) is 11.3 Å². The van der Waals surface area contributed by atoms with Crippen LogP contribution in [-0.4, -0.2) is 35.2 Å². The van der Waals surface area contributed by atoms with Crippen LogP contribution in [0.25, 0.3) is 16.4 Å². The van der Waals surface area contributed by atoms with Crippen molar-refractivity contribution >= 4 is 84.5 Å². The second kappa shape index (κ2) is 8.83. The molecule has 4 rings (SSSR count). The Bertz CT molecular complexity index is 1490. The van der Waals surface area contributed by atoms with E-state index >= 15 is 0 Å². The number of carboxylic acids is 1. The van der Waals surface area contributed by atoms with Crippen LogP contribution in [0.3, 0.4) is 0 Å². The Balaban J connectivity index is 1.95. The summed E-state index contributed by atoms with van der Waals surface area (Å²) in [6, 6.07) is 6.92. The average Bonchev–Trinajstić information content (AvgIpc) is 3.34. The first-order chi connectivity index (χ1) is 15.5. The second-order valence-corrected chi connectivity index (χ2v) is 11.3. The van der Waals surface area contributed by atoms with Crippen molar-refractivity contribution in [2.24, 2.45) is 0 Å². The minimum absolute atomic E-state index is 0.274. The molecule has 0 amide bonds. The maximum absolute atomic E-state index is 11.8. The molecule has 3 aromatic rings. The molecule has 3 heterocycles. The number of anilines is 1. The lowest BCUT2D eigenvalue weighted by Gasteiger charge is -2.18. The maximum Gasteiger partial charge on any atom is 0.323 e. The number of carboxylic acid groups (broad SMARTS) is 1. The largest absolute Gasteiger partial charge is 0.480 e.